The van der Waals surface area contributed by atoms with Gasteiger partial charge in [0, 0.05) is 23.8 Å². The predicted octanol–water partition coefficient (Wildman–Crippen LogP) is 4.25. The van der Waals surface area contributed by atoms with E-state index in [2.05, 4.69) is 20.8 Å². The highest BCUT2D eigenvalue weighted by Gasteiger charge is 2.33. The van der Waals surface area contributed by atoms with Gasteiger partial charge in [-0.3, -0.25) is 9.59 Å². The number of hydrogen-bond donors (Lipinski definition) is 5. The quantitative estimate of drug-likeness (QED) is 0.171. The number of aliphatic carboxylic acids is 1. The molecule has 0 radical (unpaired) electrons. The summed E-state index contributed by atoms with van der Waals surface area (Å²) in [4.78, 5) is 41.1. The van der Waals surface area contributed by atoms with Crippen LogP contribution in [0.3, 0.4) is 0 Å². The Morgan fingerprint density at radius 2 is 1.40 bits per heavy atom. The molecule has 2 fully saturated rings. The van der Waals surface area contributed by atoms with E-state index in [4.69, 9.17) is 0 Å². The Hall–Kier alpha value is -2.48. The van der Waals surface area contributed by atoms with Crippen LogP contribution in [0.2, 0.25) is 0 Å². The zero-order valence-corrected chi connectivity index (χ0v) is 29.7. The second-order valence-electron chi connectivity index (χ2n) is 12.7. The van der Waals surface area contributed by atoms with Crippen LogP contribution in [0.4, 0.5) is 0 Å². The summed E-state index contributed by atoms with van der Waals surface area (Å²) < 4.78 is 26.9. The Bertz CT molecular complexity index is 1390. The minimum atomic E-state index is -4.32. The maximum atomic E-state index is 13.6. The van der Waals surface area contributed by atoms with E-state index >= 15 is 0 Å². The Kier molecular flexibility index (Phi) is 16.9. The van der Waals surface area contributed by atoms with Crippen molar-refractivity contribution >= 4 is 63.4 Å². The topological polar surface area (TPSA) is 157 Å². The molecule has 2 amide bonds. The molecular formula is C33H51Cl2N5O6S. The molecule has 0 bridgehead atoms. The van der Waals surface area contributed by atoms with E-state index in [1.54, 1.807) is 43.3 Å². The number of piperidine rings is 2. The molecule has 0 spiro atoms. The number of fused-ring (bicyclic) bond motifs is 1. The third kappa shape index (κ3) is 11.9. The number of nitrogens with one attached hydrogen (secondary N) is 4. The van der Waals surface area contributed by atoms with Crippen molar-refractivity contribution in [2.45, 2.75) is 88.6 Å². The van der Waals surface area contributed by atoms with Crippen LogP contribution in [0, 0.1) is 17.8 Å². The summed E-state index contributed by atoms with van der Waals surface area (Å²) in [6, 6.07) is 9.59. The normalized spacial score (nSPS) is 17.3. The number of rotatable bonds is 15. The first kappa shape index (κ1) is 40.7. The minimum Gasteiger partial charge on any atom is -0.480 e. The van der Waals surface area contributed by atoms with Crippen molar-refractivity contribution in [3.05, 3.63) is 42.5 Å². The number of carbonyl (C=O) groups is 3. The van der Waals surface area contributed by atoms with Gasteiger partial charge in [0.1, 0.15) is 6.04 Å². The summed E-state index contributed by atoms with van der Waals surface area (Å²) in [6.45, 7) is 6.95. The highest BCUT2D eigenvalue weighted by atomic mass is 35.5. The van der Waals surface area contributed by atoms with Gasteiger partial charge in [-0.25, -0.2) is 18.2 Å². The summed E-state index contributed by atoms with van der Waals surface area (Å²) in [5, 5.41) is 21.3. The van der Waals surface area contributed by atoms with Crippen molar-refractivity contribution in [2.75, 3.05) is 26.2 Å². The lowest BCUT2D eigenvalue weighted by Gasteiger charge is -2.29. The van der Waals surface area contributed by atoms with Crippen LogP contribution in [-0.2, 0) is 24.4 Å². The highest BCUT2D eigenvalue weighted by molar-refractivity contribution is 7.89. The van der Waals surface area contributed by atoms with E-state index in [0.717, 1.165) is 77.5 Å². The molecule has 0 aliphatic carbocycles. The molecule has 2 saturated heterocycles. The average Bonchev–Trinajstić information content (AvgIpc) is 3.03. The van der Waals surface area contributed by atoms with Crippen molar-refractivity contribution in [3.8, 4) is 0 Å². The summed E-state index contributed by atoms with van der Waals surface area (Å²) in [6.07, 6.45) is 7.72. The van der Waals surface area contributed by atoms with Gasteiger partial charge in [-0.05, 0) is 115 Å². The summed E-state index contributed by atoms with van der Waals surface area (Å²) in [7, 11) is -4.32. The molecule has 2 heterocycles. The van der Waals surface area contributed by atoms with E-state index in [0.29, 0.717) is 27.6 Å². The van der Waals surface area contributed by atoms with Crippen molar-refractivity contribution < 1.29 is 27.9 Å². The molecule has 2 aromatic carbocycles. The van der Waals surface area contributed by atoms with E-state index < -0.39 is 34.0 Å². The van der Waals surface area contributed by atoms with E-state index in [9.17, 15) is 27.9 Å². The number of carboxylic acid groups (broad SMARTS) is 1. The molecular weight excluding hydrogens is 665 g/mol. The van der Waals surface area contributed by atoms with Crippen LogP contribution in [0.5, 0.6) is 0 Å². The van der Waals surface area contributed by atoms with Crippen LogP contribution in [0.25, 0.3) is 10.8 Å². The molecule has 4 rings (SSSR count). The van der Waals surface area contributed by atoms with Crippen LogP contribution >= 0.6 is 24.8 Å². The number of carbonyl (C=O) groups excluding carboxylic acids is 2. The number of nitrogens with zero attached hydrogens (tertiary/aromatic N) is 1. The second kappa shape index (κ2) is 19.5. The molecule has 14 heteroatoms. The van der Waals surface area contributed by atoms with Gasteiger partial charge in [-0.2, -0.15) is 0 Å². The van der Waals surface area contributed by atoms with Crippen molar-refractivity contribution in [2.24, 2.45) is 17.8 Å². The van der Waals surface area contributed by atoms with Crippen LogP contribution in [-0.4, -0.2) is 74.6 Å². The maximum absolute atomic E-state index is 13.6. The monoisotopic (exact) mass is 715 g/mol. The van der Waals surface area contributed by atoms with Gasteiger partial charge >= 0.3 is 5.97 Å². The standard InChI is InChI=1S/C33H49N5O6S.2ClH/c1-23(36-32(40)28(12-10-25-14-18-34-19-15-25)13-11-26-16-20-35-21-17-26)22-31(39)38(24(2)33(41)42)37-45(43,44)30-9-5-7-27-6-3-4-8-29(27)30;;/h3-9,23-26,28,34-35,37H,10-22H2,1-2H3,(H,36,40)(H,41,42);2*1H. The molecule has 2 atom stereocenters. The van der Waals surface area contributed by atoms with Crippen LogP contribution in [0.1, 0.15) is 71.6 Å². The lowest BCUT2D eigenvalue weighted by Crippen LogP contribution is -2.54. The van der Waals surface area contributed by atoms with Crippen molar-refractivity contribution in [3.63, 3.8) is 0 Å². The molecule has 0 saturated carbocycles. The van der Waals surface area contributed by atoms with Gasteiger partial charge in [0.05, 0.1) is 4.90 Å². The fraction of sp³-hybridized carbons (Fsp3) is 0.606. The molecule has 11 nitrogen and oxygen atoms in total. The molecule has 5 N–H and O–H groups in total. The zero-order valence-electron chi connectivity index (χ0n) is 27.3. The highest BCUT2D eigenvalue weighted by Crippen LogP contribution is 2.27. The zero-order chi connectivity index (χ0) is 32.4. The van der Waals surface area contributed by atoms with Gasteiger partial charge in [0.25, 0.3) is 10.0 Å². The third-order valence-corrected chi connectivity index (χ3v) is 10.6. The van der Waals surface area contributed by atoms with Gasteiger partial charge in [0.15, 0.2) is 0 Å². The van der Waals surface area contributed by atoms with Crippen molar-refractivity contribution in [1.82, 2.24) is 25.8 Å². The van der Waals surface area contributed by atoms with Crippen LogP contribution < -0.4 is 20.8 Å². The Labute approximate surface area is 291 Å². The lowest BCUT2D eigenvalue weighted by molar-refractivity contribution is -0.151. The largest absolute Gasteiger partial charge is 0.480 e. The molecule has 2 aliphatic rings. The number of sulfonamides is 1. The first-order chi connectivity index (χ1) is 21.5. The van der Waals surface area contributed by atoms with E-state index in [1.165, 1.54) is 13.0 Å². The number of amides is 2. The summed E-state index contributed by atoms with van der Waals surface area (Å²) in [5.74, 6) is -1.20. The van der Waals surface area contributed by atoms with Gasteiger partial charge in [-0.15, -0.1) is 29.6 Å². The fourth-order valence-electron chi connectivity index (χ4n) is 6.46. The number of hydrogen-bond acceptors (Lipinski definition) is 7. The number of carboxylic acids is 1. The number of halogens is 2. The van der Waals surface area contributed by atoms with Gasteiger partial charge in [0.2, 0.25) is 11.8 Å². The molecule has 2 aromatic rings. The second-order valence-corrected chi connectivity index (χ2v) is 14.3. The van der Waals surface area contributed by atoms with Gasteiger partial charge in [-0.1, -0.05) is 36.4 Å². The Balaban J connectivity index is 0.00000384. The molecule has 47 heavy (non-hydrogen) atoms. The Morgan fingerprint density at radius 3 is 1.96 bits per heavy atom. The SMILES string of the molecule is CC(CC(=O)N(NS(=O)(=O)c1cccc2ccccc12)C(C)C(=O)O)NC(=O)C(CCC1CCNCC1)CCC1CCNCC1.Cl.Cl. The molecule has 2 unspecified atom stereocenters. The minimum absolute atomic E-state index is 0. The van der Waals surface area contributed by atoms with Crippen LogP contribution in [0.15, 0.2) is 47.4 Å². The molecule has 2 aliphatic heterocycles. The first-order valence-corrected chi connectivity index (χ1v) is 17.8. The average molecular weight is 717 g/mol. The molecule has 264 valence electrons. The number of hydrazine groups is 1. The smallest absolute Gasteiger partial charge is 0.327 e. The van der Waals surface area contributed by atoms with Crippen molar-refractivity contribution in [1.29, 1.82) is 0 Å². The first-order valence-electron chi connectivity index (χ1n) is 16.3. The van der Waals surface area contributed by atoms with Gasteiger partial charge < -0.3 is 21.1 Å². The van der Waals surface area contributed by atoms with E-state index in [-0.39, 0.29) is 48.0 Å². The predicted molar refractivity (Wildman–Crippen MR) is 188 cm³/mol. The summed E-state index contributed by atoms with van der Waals surface area (Å²) in [5.41, 5.74) is 0. The lowest BCUT2D eigenvalue weighted by atomic mass is 9.84. The number of benzene rings is 2. The third-order valence-electron chi connectivity index (χ3n) is 9.28. The summed E-state index contributed by atoms with van der Waals surface area (Å²) >= 11 is 0. The maximum Gasteiger partial charge on any atom is 0.327 e. The Morgan fingerprint density at radius 1 is 0.872 bits per heavy atom. The fourth-order valence-corrected chi connectivity index (χ4v) is 7.81. The van der Waals surface area contributed by atoms with E-state index in [1.807, 2.05) is 0 Å². The molecule has 0 aromatic heterocycles.